The van der Waals surface area contributed by atoms with Crippen molar-refractivity contribution in [2.45, 2.75) is 27.0 Å². The zero-order chi connectivity index (χ0) is 16.9. The summed E-state index contributed by atoms with van der Waals surface area (Å²) in [4.78, 5) is 0. The molecule has 130 valence electrons. The second-order valence-electron chi connectivity index (χ2n) is 6.11. The van der Waals surface area contributed by atoms with Crippen molar-refractivity contribution in [1.29, 1.82) is 0 Å². The van der Waals surface area contributed by atoms with E-state index in [1.54, 1.807) is 0 Å². The van der Waals surface area contributed by atoms with Crippen molar-refractivity contribution < 1.29 is 4.74 Å². The van der Waals surface area contributed by atoms with E-state index in [-0.39, 0.29) is 12.4 Å². The lowest BCUT2D eigenvalue weighted by Crippen LogP contribution is -2.01. The van der Waals surface area contributed by atoms with Gasteiger partial charge in [0.05, 0.1) is 0 Å². The van der Waals surface area contributed by atoms with Gasteiger partial charge in [0.25, 0.3) is 0 Å². The van der Waals surface area contributed by atoms with Gasteiger partial charge in [-0.3, -0.25) is 0 Å². The Morgan fingerprint density at radius 1 is 0.800 bits per heavy atom. The maximum atomic E-state index is 6.13. The minimum Gasteiger partial charge on any atom is -0.488 e. The fourth-order valence-corrected chi connectivity index (χ4v) is 2.70. The molecule has 0 unspecified atom stereocenters. The van der Waals surface area contributed by atoms with E-state index in [2.05, 4.69) is 56.3 Å². The molecule has 0 aromatic heterocycles. The van der Waals surface area contributed by atoms with Crippen LogP contribution in [0.4, 0.5) is 0 Å². The van der Waals surface area contributed by atoms with Crippen molar-refractivity contribution in [2.75, 3.05) is 0 Å². The van der Waals surface area contributed by atoms with Crippen LogP contribution in [0, 0.1) is 13.8 Å². The predicted molar refractivity (Wildman–Crippen MR) is 107 cm³/mol. The fraction of sp³-hybridized carbons (Fsp3) is 0.182. The third-order valence-electron chi connectivity index (χ3n) is 4.34. The number of ether oxygens (including phenoxy) is 1. The fourth-order valence-electron chi connectivity index (χ4n) is 2.70. The van der Waals surface area contributed by atoms with Crippen molar-refractivity contribution in [3.05, 3.63) is 89.0 Å². The molecule has 3 rings (SSSR count). The van der Waals surface area contributed by atoms with Crippen molar-refractivity contribution in [3.63, 3.8) is 0 Å². The smallest absolute Gasteiger partial charge is 0.127 e. The molecule has 0 spiro atoms. The summed E-state index contributed by atoms with van der Waals surface area (Å²) < 4.78 is 6.13. The van der Waals surface area contributed by atoms with E-state index in [4.69, 9.17) is 10.5 Å². The molecule has 25 heavy (non-hydrogen) atoms. The van der Waals surface area contributed by atoms with Gasteiger partial charge in [-0.1, -0.05) is 60.7 Å². The number of nitrogens with two attached hydrogens (primary N) is 1. The molecular formula is C22H24ClNO. The minimum absolute atomic E-state index is 0. The number of hydrogen-bond acceptors (Lipinski definition) is 2. The summed E-state index contributed by atoms with van der Waals surface area (Å²) in [6.45, 7) is 5.32. The molecule has 0 heterocycles. The Bertz CT molecular complexity index is 831. The molecule has 0 aliphatic heterocycles. The van der Waals surface area contributed by atoms with Gasteiger partial charge in [0.1, 0.15) is 12.4 Å². The molecule has 2 N–H and O–H groups in total. The number of benzene rings is 3. The van der Waals surface area contributed by atoms with Gasteiger partial charge in [0.2, 0.25) is 0 Å². The zero-order valence-electron chi connectivity index (χ0n) is 14.7. The maximum Gasteiger partial charge on any atom is 0.127 e. The summed E-state index contributed by atoms with van der Waals surface area (Å²) in [7, 11) is 0. The Balaban J connectivity index is 0.00000225. The maximum absolute atomic E-state index is 6.13. The number of halogens is 1. The monoisotopic (exact) mass is 353 g/mol. The van der Waals surface area contributed by atoms with E-state index in [1.807, 2.05) is 24.3 Å². The van der Waals surface area contributed by atoms with Crippen LogP contribution in [0.1, 0.15) is 22.3 Å². The highest BCUT2D eigenvalue weighted by Gasteiger charge is 2.09. The van der Waals surface area contributed by atoms with Crippen LogP contribution in [0.3, 0.4) is 0 Å². The van der Waals surface area contributed by atoms with E-state index < -0.39 is 0 Å². The Kier molecular flexibility index (Phi) is 6.63. The Morgan fingerprint density at radius 3 is 2.24 bits per heavy atom. The first kappa shape index (κ1) is 19.0. The summed E-state index contributed by atoms with van der Waals surface area (Å²) in [5.41, 5.74) is 12.9. The van der Waals surface area contributed by atoms with Gasteiger partial charge in [-0.2, -0.15) is 0 Å². The molecule has 3 aromatic rings. The van der Waals surface area contributed by atoms with Gasteiger partial charge in [0.15, 0.2) is 0 Å². The summed E-state index contributed by atoms with van der Waals surface area (Å²) in [6, 6.07) is 22.9. The molecule has 0 bridgehead atoms. The van der Waals surface area contributed by atoms with Gasteiger partial charge in [0, 0.05) is 12.1 Å². The van der Waals surface area contributed by atoms with E-state index in [0.717, 1.165) is 22.4 Å². The Labute approximate surface area is 156 Å². The first-order valence-electron chi connectivity index (χ1n) is 8.24. The molecular weight excluding hydrogens is 330 g/mol. The molecule has 3 heteroatoms. The average molecular weight is 354 g/mol. The highest BCUT2D eigenvalue weighted by molar-refractivity contribution is 5.85. The number of aryl methyl sites for hydroxylation is 2. The van der Waals surface area contributed by atoms with Crippen molar-refractivity contribution in [2.24, 2.45) is 5.73 Å². The van der Waals surface area contributed by atoms with Crippen molar-refractivity contribution in [1.82, 2.24) is 0 Å². The van der Waals surface area contributed by atoms with Crippen LogP contribution in [0.25, 0.3) is 11.1 Å². The summed E-state index contributed by atoms with van der Waals surface area (Å²) >= 11 is 0. The van der Waals surface area contributed by atoms with Gasteiger partial charge in [-0.25, -0.2) is 0 Å². The molecule has 0 amide bonds. The molecule has 0 atom stereocenters. The molecule has 3 aromatic carbocycles. The van der Waals surface area contributed by atoms with Crippen LogP contribution in [0.15, 0.2) is 66.7 Å². The van der Waals surface area contributed by atoms with Crippen molar-refractivity contribution in [3.8, 4) is 16.9 Å². The van der Waals surface area contributed by atoms with E-state index in [9.17, 15) is 0 Å². The lowest BCUT2D eigenvalue weighted by molar-refractivity contribution is 0.307. The molecule has 0 saturated heterocycles. The van der Waals surface area contributed by atoms with Crippen LogP contribution in [-0.4, -0.2) is 0 Å². The second-order valence-corrected chi connectivity index (χ2v) is 6.11. The molecule has 0 fully saturated rings. The van der Waals surface area contributed by atoms with Crippen LogP contribution in [0.2, 0.25) is 0 Å². The highest BCUT2D eigenvalue weighted by Crippen LogP contribution is 2.32. The lowest BCUT2D eigenvalue weighted by atomic mass is 9.98. The molecule has 0 radical (unpaired) electrons. The Hall–Kier alpha value is -2.29. The lowest BCUT2D eigenvalue weighted by Gasteiger charge is -2.14. The van der Waals surface area contributed by atoms with Gasteiger partial charge in [-0.15, -0.1) is 12.4 Å². The second kappa shape index (κ2) is 8.70. The minimum atomic E-state index is 0. The highest BCUT2D eigenvalue weighted by atomic mass is 35.5. The summed E-state index contributed by atoms with van der Waals surface area (Å²) in [6.07, 6.45) is 0. The Morgan fingerprint density at radius 2 is 1.56 bits per heavy atom. The number of hydrogen-bond donors (Lipinski definition) is 1. The van der Waals surface area contributed by atoms with Gasteiger partial charge in [-0.05, 0) is 47.7 Å². The summed E-state index contributed by atoms with van der Waals surface area (Å²) in [5, 5.41) is 0. The normalized spacial score (nSPS) is 10.2. The summed E-state index contributed by atoms with van der Waals surface area (Å²) in [5.74, 6) is 0.880. The van der Waals surface area contributed by atoms with E-state index >= 15 is 0 Å². The van der Waals surface area contributed by atoms with Crippen LogP contribution >= 0.6 is 12.4 Å². The third kappa shape index (κ3) is 4.62. The van der Waals surface area contributed by atoms with Crippen LogP contribution in [-0.2, 0) is 13.2 Å². The molecule has 0 saturated carbocycles. The molecule has 0 aliphatic carbocycles. The van der Waals surface area contributed by atoms with Gasteiger partial charge < -0.3 is 10.5 Å². The zero-order valence-corrected chi connectivity index (χ0v) is 15.5. The van der Waals surface area contributed by atoms with Crippen molar-refractivity contribution >= 4 is 12.4 Å². The quantitative estimate of drug-likeness (QED) is 0.663. The SMILES string of the molecule is Cc1ccc(-c2ccc(CN)cc2OCc2ccccc2)cc1C.Cl. The van der Waals surface area contributed by atoms with Crippen LogP contribution < -0.4 is 10.5 Å². The first-order chi connectivity index (χ1) is 11.7. The number of rotatable bonds is 5. The first-order valence-corrected chi connectivity index (χ1v) is 8.24. The predicted octanol–water partition coefficient (Wildman–Crippen LogP) is 5.43. The topological polar surface area (TPSA) is 35.2 Å². The molecule has 2 nitrogen and oxygen atoms in total. The van der Waals surface area contributed by atoms with E-state index in [1.165, 1.54) is 16.7 Å². The standard InChI is InChI=1S/C22H23NO.ClH/c1-16-8-10-20(12-17(16)2)21-11-9-19(14-23)13-22(21)24-15-18-6-4-3-5-7-18;/h3-13H,14-15,23H2,1-2H3;1H. The third-order valence-corrected chi connectivity index (χ3v) is 4.34. The van der Waals surface area contributed by atoms with Gasteiger partial charge >= 0.3 is 0 Å². The van der Waals surface area contributed by atoms with E-state index in [0.29, 0.717) is 13.2 Å². The average Bonchev–Trinajstić information content (AvgIpc) is 2.63. The largest absolute Gasteiger partial charge is 0.488 e. The van der Waals surface area contributed by atoms with Crippen LogP contribution in [0.5, 0.6) is 5.75 Å². The molecule has 0 aliphatic rings.